The first kappa shape index (κ1) is 20.9. The highest BCUT2D eigenvalue weighted by atomic mass is 16.6. The molecule has 0 unspecified atom stereocenters. The fraction of sp³-hybridized carbons (Fsp3) is 0.300. The van der Waals surface area contributed by atoms with Crippen molar-refractivity contribution >= 4 is 23.3 Å². The lowest BCUT2D eigenvalue weighted by atomic mass is 10.0. The Balaban J connectivity index is 1.99. The maximum Gasteiger partial charge on any atom is 0.338 e. The molecule has 2 N–H and O–H groups in total. The summed E-state index contributed by atoms with van der Waals surface area (Å²) >= 11 is 0. The molecule has 0 radical (unpaired) electrons. The average Bonchev–Trinajstić information content (AvgIpc) is 2.71. The van der Waals surface area contributed by atoms with Crippen LogP contribution < -0.4 is 10.6 Å². The van der Waals surface area contributed by atoms with Crippen molar-refractivity contribution in [3.63, 3.8) is 0 Å². The second kappa shape index (κ2) is 10.1. The van der Waals surface area contributed by atoms with E-state index in [-0.39, 0.29) is 23.0 Å². The van der Waals surface area contributed by atoms with Gasteiger partial charge in [0.1, 0.15) is 5.69 Å². The molecule has 8 nitrogen and oxygen atoms in total. The van der Waals surface area contributed by atoms with Gasteiger partial charge in [-0.05, 0) is 24.1 Å². The van der Waals surface area contributed by atoms with Crippen LogP contribution in [0.25, 0.3) is 0 Å². The third-order valence-corrected chi connectivity index (χ3v) is 4.15. The highest BCUT2D eigenvalue weighted by Crippen LogP contribution is 2.25. The number of esters is 1. The van der Waals surface area contributed by atoms with Crippen LogP contribution in [0.15, 0.2) is 48.5 Å². The molecule has 0 aliphatic carbocycles. The predicted octanol–water partition coefficient (Wildman–Crippen LogP) is 3.45. The number of nitro groups is 1. The molecule has 0 aromatic heterocycles. The SMILES string of the molecule is CCC[C@H](NC(=O)COC(=O)c1ccc(NC)c([N+](=O)[O-])c1)c1ccccc1. The van der Waals surface area contributed by atoms with E-state index in [1.165, 1.54) is 12.1 Å². The van der Waals surface area contributed by atoms with Crippen molar-refractivity contribution in [1.82, 2.24) is 5.32 Å². The third kappa shape index (κ3) is 5.54. The summed E-state index contributed by atoms with van der Waals surface area (Å²) < 4.78 is 5.02. The topological polar surface area (TPSA) is 111 Å². The summed E-state index contributed by atoms with van der Waals surface area (Å²) in [4.78, 5) is 34.9. The van der Waals surface area contributed by atoms with Crippen LogP contribution in [0.5, 0.6) is 0 Å². The van der Waals surface area contributed by atoms with Gasteiger partial charge in [0, 0.05) is 13.1 Å². The van der Waals surface area contributed by atoms with Gasteiger partial charge in [-0.25, -0.2) is 4.79 Å². The number of hydrogen-bond donors (Lipinski definition) is 2. The summed E-state index contributed by atoms with van der Waals surface area (Å²) in [6, 6.07) is 13.3. The van der Waals surface area contributed by atoms with Crippen molar-refractivity contribution in [3.8, 4) is 0 Å². The fourth-order valence-corrected chi connectivity index (χ4v) is 2.77. The van der Waals surface area contributed by atoms with Gasteiger partial charge in [0.15, 0.2) is 6.61 Å². The van der Waals surface area contributed by atoms with Crippen LogP contribution in [0.4, 0.5) is 11.4 Å². The summed E-state index contributed by atoms with van der Waals surface area (Å²) in [7, 11) is 1.55. The molecule has 2 aromatic rings. The number of ether oxygens (including phenoxy) is 1. The van der Waals surface area contributed by atoms with Crippen LogP contribution >= 0.6 is 0 Å². The predicted molar refractivity (Wildman–Crippen MR) is 105 cm³/mol. The van der Waals surface area contributed by atoms with Gasteiger partial charge in [-0.15, -0.1) is 0 Å². The van der Waals surface area contributed by atoms with E-state index in [2.05, 4.69) is 10.6 Å². The van der Waals surface area contributed by atoms with Crippen LogP contribution in [0.2, 0.25) is 0 Å². The minimum absolute atomic E-state index is 0.00617. The molecule has 0 aliphatic heterocycles. The Bertz CT molecular complexity index is 839. The number of carbonyl (C=O) groups excluding carboxylic acids is 2. The van der Waals surface area contributed by atoms with Crippen molar-refractivity contribution in [2.45, 2.75) is 25.8 Å². The summed E-state index contributed by atoms with van der Waals surface area (Å²) in [6.45, 7) is 1.55. The van der Waals surface area contributed by atoms with E-state index in [0.717, 1.165) is 24.5 Å². The highest BCUT2D eigenvalue weighted by molar-refractivity contribution is 5.93. The van der Waals surface area contributed by atoms with Crippen LogP contribution in [0.3, 0.4) is 0 Å². The monoisotopic (exact) mass is 385 g/mol. The van der Waals surface area contributed by atoms with Crippen LogP contribution in [0, 0.1) is 10.1 Å². The Morgan fingerprint density at radius 2 is 1.89 bits per heavy atom. The van der Waals surface area contributed by atoms with E-state index in [1.807, 2.05) is 37.3 Å². The number of anilines is 1. The molecular formula is C20H23N3O5. The molecule has 0 fully saturated rings. The Labute approximate surface area is 163 Å². The maximum atomic E-state index is 12.2. The molecule has 2 aromatic carbocycles. The van der Waals surface area contributed by atoms with Crippen LogP contribution in [0.1, 0.15) is 41.7 Å². The van der Waals surface area contributed by atoms with Crippen LogP contribution in [-0.2, 0) is 9.53 Å². The van der Waals surface area contributed by atoms with E-state index in [0.29, 0.717) is 0 Å². The van der Waals surface area contributed by atoms with E-state index in [9.17, 15) is 19.7 Å². The van der Waals surface area contributed by atoms with Gasteiger partial charge < -0.3 is 15.4 Å². The number of nitrogens with zero attached hydrogens (tertiary/aromatic N) is 1. The number of rotatable bonds is 9. The van der Waals surface area contributed by atoms with Crippen molar-refractivity contribution in [2.75, 3.05) is 19.0 Å². The lowest BCUT2D eigenvalue weighted by Crippen LogP contribution is -2.32. The quantitative estimate of drug-likeness (QED) is 0.389. The van der Waals surface area contributed by atoms with Crippen molar-refractivity contribution in [3.05, 3.63) is 69.8 Å². The highest BCUT2D eigenvalue weighted by Gasteiger charge is 2.19. The smallest absolute Gasteiger partial charge is 0.338 e. The van der Waals surface area contributed by atoms with Gasteiger partial charge in [-0.2, -0.15) is 0 Å². The molecule has 0 saturated heterocycles. The molecule has 8 heteroatoms. The lowest BCUT2D eigenvalue weighted by Gasteiger charge is -2.18. The number of nitrogens with one attached hydrogen (secondary N) is 2. The number of nitro benzene ring substituents is 1. The van der Waals surface area contributed by atoms with E-state index in [1.54, 1.807) is 7.05 Å². The Hall–Kier alpha value is -3.42. The molecule has 0 saturated carbocycles. The fourth-order valence-electron chi connectivity index (χ4n) is 2.77. The molecule has 28 heavy (non-hydrogen) atoms. The molecule has 1 amide bonds. The second-order valence-corrected chi connectivity index (χ2v) is 6.13. The minimum atomic E-state index is -0.798. The van der Waals surface area contributed by atoms with E-state index >= 15 is 0 Å². The molecule has 2 rings (SSSR count). The van der Waals surface area contributed by atoms with Gasteiger partial charge in [-0.3, -0.25) is 14.9 Å². The van der Waals surface area contributed by atoms with Gasteiger partial charge >= 0.3 is 5.97 Å². The minimum Gasteiger partial charge on any atom is -0.452 e. The van der Waals surface area contributed by atoms with Gasteiger partial charge in [0.25, 0.3) is 11.6 Å². The van der Waals surface area contributed by atoms with Crippen molar-refractivity contribution in [2.24, 2.45) is 0 Å². The Kier molecular flexibility index (Phi) is 7.50. The van der Waals surface area contributed by atoms with Gasteiger partial charge in [0.05, 0.1) is 16.5 Å². The summed E-state index contributed by atoms with van der Waals surface area (Å²) in [5, 5.41) is 16.6. The average molecular weight is 385 g/mol. The normalized spacial score (nSPS) is 11.4. The zero-order valence-electron chi connectivity index (χ0n) is 15.8. The molecule has 1 atom stereocenters. The third-order valence-electron chi connectivity index (χ3n) is 4.15. The van der Waals surface area contributed by atoms with Crippen LogP contribution in [-0.4, -0.2) is 30.5 Å². The first-order chi connectivity index (χ1) is 13.5. The number of hydrogen-bond acceptors (Lipinski definition) is 6. The second-order valence-electron chi connectivity index (χ2n) is 6.13. The van der Waals surface area contributed by atoms with Crippen molar-refractivity contribution < 1.29 is 19.2 Å². The zero-order chi connectivity index (χ0) is 20.5. The maximum absolute atomic E-state index is 12.2. The standard InChI is InChI=1S/C20H23N3O5/c1-3-7-16(14-8-5-4-6-9-14)22-19(24)13-28-20(25)15-10-11-17(21-2)18(12-15)23(26)27/h4-6,8-12,16,21H,3,7,13H2,1-2H3,(H,22,24)/t16-/m0/s1. The summed E-state index contributed by atoms with van der Waals surface area (Å²) in [6.07, 6.45) is 1.63. The first-order valence-corrected chi connectivity index (χ1v) is 8.93. The Morgan fingerprint density at radius 3 is 2.50 bits per heavy atom. The van der Waals surface area contributed by atoms with E-state index < -0.39 is 23.4 Å². The molecule has 0 aliphatic rings. The van der Waals surface area contributed by atoms with Crippen molar-refractivity contribution in [1.29, 1.82) is 0 Å². The molecule has 0 spiro atoms. The number of amides is 1. The molecule has 148 valence electrons. The van der Waals surface area contributed by atoms with Gasteiger partial charge in [0.2, 0.25) is 0 Å². The lowest BCUT2D eigenvalue weighted by molar-refractivity contribution is -0.384. The van der Waals surface area contributed by atoms with Gasteiger partial charge in [-0.1, -0.05) is 43.7 Å². The largest absolute Gasteiger partial charge is 0.452 e. The Morgan fingerprint density at radius 1 is 1.18 bits per heavy atom. The summed E-state index contributed by atoms with van der Waals surface area (Å²) in [5.74, 6) is -1.23. The molecule has 0 bridgehead atoms. The van der Waals surface area contributed by atoms with E-state index in [4.69, 9.17) is 4.74 Å². The molecule has 0 heterocycles. The summed E-state index contributed by atoms with van der Waals surface area (Å²) in [5.41, 5.74) is 1.02. The first-order valence-electron chi connectivity index (χ1n) is 8.93. The zero-order valence-corrected chi connectivity index (χ0v) is 15.8. The number of benzene rings is 2. The molecular weight excluding hydrogens is 362 g/mol. The number of carbonyl (C=O) groups is 2.